The lowest BCUT2D eigenvalue weighted by Gasteiger charge is -2.11. The third-order valence-electron chi connectivity index (χ3n) is 1.56. The topological polar surface area (TPSA) is 0 Å². The summed E-state index contributed by atoms with van der Waals surface area (Å²) in [6, 6.07) is 1.93. The van der Waals surface area contributed by atoms with E-state index >= 15 is 0 Å². The molecule has 0 aliphatic carbocycles. The van der Waals surface area contributed by atoms with Crippen molar-refractivity contribution < 1.29 is 0 Å². The quantitative estimate of drug-likeness (QED) is 0.536. The Hall–Kier alpha value is 0.434. The molecule has 0 saturated heterocycles. The van der Waals surface area contributed by atoms with Crippen LogP contribution in [0.1, 0.15) is 13.8 Å². The Morgan fingerprint density at radius 3 is 1.62 bits per heavy atom. The SMILES string of the molecule is [2H][Si](C)(C)[Si]([2H])(CC)CC. The Balaban J connectivity index is 4.33. The van der Waals surface area contributed by atoms with Gasteiger partial charge in [0.1, 0.15) is 0 Å². The zero-order valence-electron chi connectivity index (χ0n) is 8.41. The lowest BCUT2D eigenvalue weighted by molar-refractivity contribution is 1.34. The van der Waals surface area contributed by atoms with Crippen molar-refractivity contribution in [3.05, 3.63) is 0 Å². The predicted molar refractivity (Wildman–Crippen MR) is 47.0 cm³/mol. The van der Waals surface area contributed by atoms with E-state index in [-0.39, 0.29) is 0 Å². The van der Waals surface area contributed by atoms with Crippen LogP contribution in [-0.4, -0.2) is 19.0 Å². The standard InChI is InChI=1S/C6H18Si2/c1-5-8(6-2)7(3)4/h7-8H,5-6H2,1-4H3/i7D,8D. The molecule has 0 fully saturated rings. The summed E-state index contributed by atoms with van der Waals surface area (Å²) in [4.78, 5) is 0. The van der Waals surface area contributed by atoms with E-state index in [2.05, 4.69) is 13.8 Å². The second kappa shape index (κ2) is 4.33. The summed E-state index contributed by atoms with van der Waals surface area (Å²) in [5, 5.41) is 0. The third kappa shape index (κ3) is 2.67. The summed E-state index contributed by atoms with van der Waals surface area (Å²) in [6.07, 6.45) is 0. The van der Waals surface area contributed by atoms with Crippen LogP contribution in [0.25, 0.3) is 0 Å². The molecule has 0 rings (SSSR count). The summed E-state index contributed by atoms with van der Waals surface area (Å²) in [5.41, 5.74) is 0. The van der Waals surface area contributed by atoms with Crippen LogP contribution < -0.4 is 0 Å². The highest BCUT2D eigenvalue weighted by atomic mass is 29.2. The number of hydrogen-bond donors (Lipinski definition) is 0. The Kier molecular flexibility index (Phi) is 2.83. The molecule has 0 atom stereocenters. The molecular weight excluding hydrogens is 128 g/mol. The highest BCUT2D eigenvalue weighted by molar-refractivity contribution is 7.21. The van der Waals surface area contributed by atoms with Gasteiger partial charge in [-0.2, -0.15) is 0 Å². The van der Waals surface area contributed by atoms with Gasteiger partial charge in [0.25, 0.3) is 0 Å². The first kappa shape index (κ1) is 5.24. The number of rotatable bonds is 3. The lowest BCUT2D eigenvalue weighted by atomic mass is 11.0. The first-order chi connectivity index (χ1) is 4.37. The molecule has 0 aliphatic rings. The van der Waals surface area contributed by atoms with Gasteiger partial charge in [-0.15, -0.1) is 0 Å². The van der Waals surface area contributed by atoms with Crippen LogP contribution in [0.4, 0.5) is 0 Å². The maximum Gasteiger partial charge on any atom is 0.0269 e. The lowest BCUT2D eigenvalue weighted by Crippen LogP contribution is -2.27. The van der Waals surface area contributed by atoms with E-state index in [1.54, 1.807) is 0 Å². The van der Waals surface area contributed by atoms with Gasteiger partial charge in [-0.3, -0.25) is 0 Å². The van der Waals surface area contributed by atoms with Crippen molar-refractivity contribution in [2.24, 2.45) is 0 Å². The van der Waals surface area contributed by atoms with Crippen molar-refractivity contribution in [1.29, 1.82) is 2.47 Å². The summed E-state index contributed by atoms with van der Waals surface area (Å²) in [5.74, 6) is 0. The second-order valence-electron chi connectivity index (χ2n) is 2.31. The van der Waals surface area contributed by atoms with E-state index in [0.717, 1.165) is 12.1 Å². The van der Waals surface area contributed by atoms with Gasteiger partial charge in [-0.1, -0.05) is 39.0 Å². The summed E-state index contributed by atoms with van der Waals surface area (Å²) in [6.45, 7) is 8.18. The third-order valence-corrected chi connectivity index (χ3v) is 11.0. The van der Waals surface area contributed by atoms with E-state index < -0.39 is 16.5 Å². The van der Waals surface area contributed by atoms with E-state index in [0.29, 0.717) is 0 Å². The van der Waals surface area contributed by atoms with E-state index in [9.17, 15) is 0 Å². The fraction of sp³-hybridized carbons (Fsp3) is 1.00. The molecule has 2 heteroatoms. The van der Waals surface area contributed by atoms with Gasteiger partial charge >= 0.3 is 0 Å². The van der Waals surface area contributed by atoms with Crippen molar-refractivity contribution in [2.45, 2.75) is 39.0 Å². The van der Waals surface area contributed by atoms with E-state index in [1.807, 2.05) is 13.1 Å². The molecule has 0 aromatic carbocycles. The van der Waals surface area contributed by atoms with Crippen molar-refractivity contribution in [3.63, 3.8) is 0 Å². The van der Waals surface area contributed by atoms with Gasteiger partial charge in [-0.25, -0.2) is 0 Å². The van der Waals surface area contributed by atoms with Crippen LogP contribution in [0.2, 0.25) is 25.2 Å². The first-order valence-electron chi connectivity index (χ1n) is 4.37. The fourth-order valence-electron chi connectivity index (χ4n) is 0.957. The molecule has 0 aromatic rings. The second-order valence-corrected chi connectivity index (χ2v) is 12.1. The Labute approximate surface area is 58.8 Å². The monoisotopic (exact) mass is 148 g/mol. The smallest absolute Gasteiger partial charge is 0.0269 e. The van der Waals surface area contributed by atoms with E-state index in [1.165, 1.54) is 0 Å². The predicted octanol–water partition coefficient (Wildman–Crippen LogP) is 1.82. The van der Waals surface area contributed by atoms with Crippen LogP contribution in [0, 0.1) is 0 Å². The molecule has 0 nitrogen and oxygen atoms in total. The minimum atomic E-state index is -1.86. The molecule has 0 heterocycles. The maximum absolute atomic E-state index is 8.08. The zero-order valence-corrected chi connectivity index (χ0v) is 8.41. The van der Waals surface area contributed by atoms with Crippen LogP contribution in [0.3, 0.4) is 0 Å². The van der Waals surface area contributed by atoms with E-state index in [4.69, 9.17) is 2.47 Å². The molecule has 0 bridgehead atoms. The molecular formula is C6H18Si2. The van der Waals surface area contributed by atoms with Gasteiger partial charge in [0.2, 0.25) is 0 Å². The van der Waals surface area contributed by atoms with Crippen LogP contribution in [0.15, 0.2) is 0 Å². The Morgan fingerprint density at radius 2 is 1.62 bits per heavy atom. The van der Waals surface area contributed by atoms with Gasteiger partial charge < -0.3 is 0 Å². The molecule has 0 radical (unpaired) electrons. The van der Waals surface area contributed by atoms with Gasteiger partial charge in [0, 0.05) is 19.0 Å². The van der Waals surface area contributed by atoms with Gasteiger partial charge in [0.15, 0.2) is 0 Å². The van der Waals surface area contributed by atoms with Crippen molar-refractivity contribution in [3.8, 4) is 0 Å². The summed E-state index contributed by atoms with van der Waals surface area (Å²) >= 11 is 0. The molecule has 0 amide bonds. The Bertz CT molecular complexity index is 105. The van der Waals surface area contributed by atoms with Crippen LogP contribution >= 0.6 is 0 Å². The van der Waals surface area contributed by atoms with Crippen molar-refractivity contribution in [2.75, 3.05) is 0 Å². The maximum atomic E-state index is 8.08. The average Bonchev–Trinajstić information content (AvgIpc) is 1.84. The van der Waals surface area contributed by atoms with Crippen molar-refractivity contribution in [1.82, 2.24) is 0 Å². The molecule has 50 valence electrons. The molecule has 0 aliphatic heterocycles. The van der Waals surface area contributed by atoms with Gasteiger partial charge in [-0.05, 0) is 0 Å². The molecule has 0 unspecified atom stereocenters. The molecule has 8 heavy (non-hydrogen) atoms. The average molecular weight is 148 g/mol. The van der Waals surface area contributed by atoms with Gasteiger partial charge in [0.05, 0.1) is 0 Å². The highest BCUT2D eigenvalue weighted by Gasteiger charge is 2.09. The highest BCUT2D eigenvalue weighted by Crippen LogP contribution is 2.01. The minimum absolute atomic E-state index is 0.965. The molecule has 0 spiro atoms. The summed E-state index contributed by atoms with van der Waals surface area (Å²) in [7, 11) is -3.70. The molecule has 0 saturated carbocycles. The molecule has 0 aromatic heterocycles. The van der Waals surface area contributed by atoms with Crippen LogP contribution in [0.5, 0.6) is 0 Å². The Morgan fingerprint density at radius 1 is 1.25 bits per heavy atom. The molecule has 0 N–H and O–H groups in total. The zero-order chi connectivity index (χ0) is 8.41. The number of hydrogen-bond acceptors (Lipinski definition) is 0. The van der Waals surface area contributed by atoms with Crippen molar-refractivity contribution >= 4 is 16.5 Å². The summed E-state index contributed by atoms with van der Waals surface area (Å²) < 4.78 is 16.0. The minimum Gasteiger partial charge on any atom is -0.0743 e. The largest absolute Gasteiger partial charge is 0.0743 e. The fourth-order valence-corrected chi connectivity index (χ4v) is 7.11. The normalized spacial score (nSPS) is 17.5. The first-order valence-corrected chi connectivity index (χ1v) is 8.79. The van der Waals surface area contributed by atoms with Crippen LogP contribution in [-0.2, 0) is 0 Å².